The summed E-state index contributed by atoms with van der Waals surface area (Å²) in [6.45, 7) is 5.45. The van der Waals surface area contributed by atoms with Gasteiger partial charge in [-0.1, -0.05) is 71.9 Å². The molecule has 1 amide bonds. The predicted molar refractivity (Wildman–Crippen MR) is 146 cm³/mol. The summed E-state index contributed by atoms with van der Waals surface area (Å²) in [5.41, 5.74) is 5.80. The molecule has 0 aliphatic rings. The summed E-state index contributed by atoms with van der Waals surface area (Å²) in [4.78, 5) is 28.4. The minimum absolute atomic E-state index is 0.0397. The molecule has 0 aliphatic heterocycles. The molecule has 7 nitrogen and oxygen atoms in total. The van der Waals surface area contributed by atoms with Crippen LogP contribution >= 0.6 is 11.8 Å². The average molecular weight is 509 g/mol. The molecule has 184 valence electrons. The Labute approximate surface area is 219 Å². The SMILES string of the molecule is Cc1ccc(-c2cc(-c3ccccc3)nc(SC(C)C(=O)Nc3ccc([N+](=O)[O-])cc3C)c2C#N)cc1. The van der Waals surface area contributed by atoms with Gasteiger partial charge in [-0.2, -0.15) is 5.26 Å². The van der Waals surface area contributed by atoms with E-state index in [-0.39, 0.29) is 11.6 Å². The molecule has 0 fully saturated rings. The maximum Gasteiger partial charge on any atom is 0.269 e. The van der Waals surface area contributed by atoms with Crippen LogP contribution in [0.3, 0.4) is 0 Å². The number of rotatable bonds is 7. The van der Waals surface area contributed by atoms with Gasteiger partial charge in [-0.05, 0) is 44.0 Å². The van der Waals surface area contributed by atoms with Crippen LogP contribution in [0.1, 0.15) is 23.6 Å². The minimum Gasteiger partial charge on any atom is -0.325 e. The highest BCUT2D eigenvalue weighted by Gasteiger charge is 2.22. The molecular formula is C29H24N4O3S. The Hall–Kier alpha value is -4.48. The molecule has 1 heterocycles. The van der Waals surface area contributed by atoms with Crippen LogP contribution in [-0.4, -0.2) is 21.1 Å². The highest BCUT2D eigenvalue weighted by molar-refractivity contribution is 8.00. The van der Waals surface area contributed by atoms with E-state index in [1.54, 1.807) is 13.8 Å². The molecule has 1 atom stereocenters. The molecule has 0 aliphatic carbocycles. The number of hydrogen-bond donors (Lipinski definition) is 1. The van der Waals surface area contributed by atoms with Gasteiger partial charge in [0.15, 0.2) is 0 Å². The van der Waals surface area contributed by atoms with E-state index in [0.29, 0.717) is 27.5 Å². The smallest absolute Gasteiger partial charge is 0.269 e. The Bertz CT molecular complexity index is 1510. The van der Waals surface area contributed by atoms with E-state index < -0.39 is 10.2 Å². The number of nitro groups is 1. The Kier molecular flexibility index (Phi) is 7.66. The maximum atomic E-state index is 13.1. The fourth-order valence-electron chi connectivity index (χ4n) is 3.79. The molecule has 8 heteroatoms. The lowest BCUT2D eigenvalue weighted by Gasteiger charge is -2.16. The lowest BCUT2D eigenvalue weighted by atomic mass is 9.98. The number of amides is 1. The van der Waals surface area contributed by atoms with Gasteiger partial charge in [0.2, 0.25) is 5.91 Å². The molecule has 0 bridgehead atoms. The molecule has 37 heavy (non-hydrogen) atoms. The Morgan fingerprint density at radius 1 is 1.03 bits per heavy atom. The second-order valence-corrected chi connectivity index (χ2v) is 9.91. The molecule has 0 spiro atoms. The fourth-order valence-corrected chi connectivity index (χ4v) is 4.71. The Morgan fingerprint density at radius 2 is 1.73 bits per heavy atom. The van der Waals surface area contributed by atoms with Crippen LogP contribution in [0.15, 0.2) is 83.9 Å². The van der Waals surface area contributed by atoms with Gasteiger partial charge in [0, 0.05) is 28.9 Å². The standard InChI is InChI=1S/C29H24N4O3S/c1-18-9-11-21(12-10-18)24-16-27(22-7-5-4-6-8-22)32-29(25(24)17-30)37-20(3)28(34)31-26-14-13-23(33(35)36)15-19(26)2/h4-16,20H,1-3H3,(H,31,34). The van der Waals surface area contributed by atoms with Gasteiger partial charge < -0.3 is 5.32 Å². The first-order valence-electron chi connectivity index (χ1n) is 11.6. The molecule has 1 unspecified atom stereocenters. The zero-order chi connectivity index (χ0) is 26.5. The van der Waals surface area contributed by atoms with Gasteiger partial charge in [-0.25, -0.2) is 4.98 Å². The van der Waals surface area contributed by atoms with Crippen molar-refractivity contribution in [2.75, 3.05) is 5.32 Å². The van der Waals surface area contributed by atoms with Crippen LogP contribution in [0.5, 0.6) is 0 Å². The number of non-ortho nitro benzene ring substituents is 1. The molecule has 1 aromatic heterocycles. The van der Waals surface area contributed by atoms with E-state index in [9.17, 15) is 20.2 Å². The van der Waals surface area contributed by atoms with Crippen LogP contribution in [0.25, 0.3) is 22.4 Å². The zero-order valence-corrected chi connectivity index (χ0v) is 21.4. The largest absolute Gasteiger partial charge is 0.325 e. The first-order chi connectivity index (χ1) is 17.8. The summed E-state index contributed by atoms with van der Waals surface area (Å²) >= 11 is 1.20. The van der Waals surface area contributed by atoms with Crippen molar-refractivity contribution in [1.82, 2.24) is 4.98 Å². The van der Waals surface area contributed by atoms with Crippen LogP contribution in [-0.2, 0) is 4.79 Å². The third-order valence-electron chi connectivity index (χ3n) is 5.87. The molecule has 3 aromatic carbocycles. The second kappa shape index (κ2) is 11.1. The summed E-state index contributed by atoms with van der Waals surface area (Å²) in [5.74, 6) is -0.297. The highest BCUT2D eigenvalue weighted by atomic mass is 32.2. The number of nitrogens with one attached hydrogen (secondary N) is 1. The van der Waals surface area contributed by atoms with Gasteiger partial charge >= 0.3 is 0 Å². The van der Waals surface area contributed by atoms with Crippen molar-refractivity contribution in [1.29, 1.82) is 5.26 Å². The summed E-state index contributed by atoms with van der Waals surface area (Å²) in [6.07, 6.45) is 0. The molecule has 0 saturated carbocycles. The van der Waals surface area contributed by atoms with Crippen LogP contribution in [0.4, 0.5) is 11.4 Å². The Balaban J connectivity index is 1.69. The number of benzene rings is 3. The number of carbonyl (C=O) groups is 1. The number of hydrogen-bond acceptors (Lipinski definition) is 6. The van der Waals surface area contributed by atoms with Gasteiger partial charge in [-0.3, -0.25) is 14.9 Å². The first-order valence-corrected chi connectivity index (χ1v) is 12.4. The first kappa shape index (κ1) is 25.6. The van der Waals surface area contributed by atoms with Gasteiger partial charge in [0.05, 0.1) is 21.4 Å². The van der Waals surface area contributed by atoms with Crippen LogP contribution in [0.2, 0.25) is 0 Å². The number of nitriles is 1. The average Bonchev–Trinajstić information content (AvgIpc) is 2.90. The summed E-state index contributed by atoms with van der Waals surface area (Å²) in [6, 6.07) is 26.1. The quantitative estimate of drug-likeness (QED) is 0.165. The lowest BCUT2D eigenvalue weighted by Crippen LogP contribution is -2.23. The normalized spacial score (nSPS) is 11.4. The lowest BCUT2D eigenvalue weighted by molar-refractivity contribution is -0.384. The summed E-state index contributed by atoms with van der Waals surface area (Å²) in [5, 5.41) is 23.8. The van der Waals surface area contributed by atoms with Crippen molar-refractivity contribution in [2.24, 2.45) is 0 Å². The topological polar surface area (TPSA) is 109 Å². The number of pyridine rings is 1. The monoisotopic (exact) mass is 508 g/mol. The maximum absolute atomic E-state index is 13.1. The number of aromatic nitrogens is 1. The Morgan fingerprint density at radius 3 is 2.35 bits per heavy atom. The van der Waals surface area contributed by atoms with E-state index in [1.165, 1.54) is 30.0 Å². The molecule has 1 N–H and O–H groups in total. The summed E-state index contributed by atoms with van der Waals surface area (Å²) in [7, 11) is 0. The molecule has 4 rings (SSSR count). The number of nitrogens with zero attached hydrogens (tertiary/aromatic N) is 3. The second-order valence-electron chi connectivity index (χ2n) is 8.58. The number of nitro benzene ring substituents is 1. The molecule has 4 aromatic rings. The van der Waals surface area contributed by atoms with Crippen molar-refractivity contribution < 1.29 is 9.72 Å². The van der Waals surface area contributed by atoms with Crippen molar-refractivity contribution in [3.8, 4) is 28.5 Å². The van der Waals surface area contributed by atoms with Crippen molar-refractivity contribution in [2.45, 2.75) is 31.0 Å². The van der Waals surface area contributed by atoms with E-state index in [0.717, 1.165) is 22.3 Å². The van der Waals surface area contributed by atoms with Crippen molar-refractivity contribution >= 4 is 29.0 Å². The number of thioether (sulfide) groups is 1. The zero-order valence-electron chi connectivity index (χ0n) is 20.6. The molecule has 0 saturated heterocycles. The van der Waals surface area contributed by atoms with Crippen LogP contribution in [0, 0.1) is 35.3 Å². The fraction of sp³-hybridized carbons (Fsp3) is 0.138. The highest BCUT2D eigenvalue weighted by Crippen LogP contribution is 2.36. The number of carbonyl (C=O) groups excluding carboxylic acids is 1. The van der Waals surface area contributed by atoms with Gasteiger partial charge in [0.1, 0.15) is 11.1 Å². The van der Waals surface area contributed by atoms with E-state index in [2.05, 4.69) is 11.4 Å². The number of anilines is 1. The molecule has 0 radical (unpaired) electrons. The number of aryl methyl sites for hydroxylation is 2. The van der Waals surface area contributed by atoms with E-state index >= 15 is 0 Å². The van der Waals surface area contributed by atoms with Crippen molar-refractivity contribution in [3.05, 3.63) is 106 Å². The predicted octanol–water partition coefficient (Wildman–Crippen LogP) is 6.93. The van der Waals surface area contributed by atoms with E-state index in [4.69, 9.17) is 4.98 Å². The van der Waals surface area contributed by atoms with Gasteiger partial charge in [0.25, 0.3) is 5.69 Å². The molecular weight excluding hydrogens is 484 g/mol. The van der Waals surface area contributed by atoms with Crippen LogP contribution < -0.4 is 5.32 Å². The van der Waals surface area contributed by atoms with E-state index in [1.807, 2.05) is 67.6 Å². The minimum atomic E-state index is -0.592. The third-order valence-corrected chi connectivity index (χ3v) is 6.95. The third kappa shape index (κ3) is 5.85. The van der Waals surface area contributed by atoms with Gasteiger partial charge in [-0.15, -0.1) is 0 Å². The van der Waals surface area contributed by atoms with Crippen molar-refractivity contribution in [3.63, 3.8) is 0 Å². The summed E-state index contributed by atoms with van der Waals surface area (Å²) < 4.78 is 0.